The van der Waals surface area contributed by atoms with Crippen LogP contribution in [0.2, 0.25) is 0 Å². The topological polar surface area (TPSA) is 207 Å². The van der Waals surface area contributed by atoms with Crippen LogP contribution in [0.25, 0.3) is 0 Å². The van der Waals surface area contributed by atoms with Crippen LogP contribution in [0.15, 0.2) is 24.3 Å². The van der Waals surface area contributed by atoms with E-state index in [1.54, 1.807) is 55.7 Å². The van der Waals surface area contributed by atoms with Gasteiger partial charge in [0.2, 0.25) is 5.91 Å². The minimum atomic E-state index is -1.44. The largest absolute Gasteiger partial charge is 0.497 e. The fraction of sp³-hybridized carbons (Fsp3) is 0.774. The summed E-state index contributed by atoms with van der Waals surface area (Å²) < 4.78 is 69.6. The van der Waals surface area contributed by atoms with Gasteiger partial charge in [-0.3, -0.25) is 28.8 Å². The first kappa shape index (κ1) is 59.0. The molecular weight excluding hydrogens is 955 g/mol. The van der Waals surface area contributed by atoms with Crippen molar-refractivity contribution in [3.05, 3.63) is 29.8 Å². The third-order valence-electron chi connectivity index (χ3n) is 15.7. The molecule has 0 N–H and O–H groups in total. The van der Waals surface area contributed by atoms with Crippen LogP contribution in [0.3, 0.4) is 0 Å². The molecule has 0 spiro atoms. The van der Waals surface area contributed by atoms with Gasteiger partial charge in [-0.2, -0.15) is 0 Å². The first-order chi connectivity index (χ1) is 33.7. The number of amides is 1. The van der Waals surface area contributed by atoms with Crippen LogP contribution in [0.1, 0.15) is 121 Å². The second-order valence-corrected chi connectivity index (χ2v) is 22.1. The number of cyclic esters (lactones) is 1. The average molecular weight is 1040 g/mol. The van der Waals surface area contributed by atoms with Crippen molar-refractivity contribution in [2.45, 2.75) is 205 Å². The molecule has 4 saturated heterocycles. The Kier molecular flexibility index (Phi) is 19.9. The minimum absolute atomic E-state index is 0.0619. The standard InChI is InChI=1S/C53H81NO17S/c1-18-39-53(13)41(45(49(60)71-53)72-26-36-19-21-37(61-15)22-20-36)29(4)42(58)27(2)24-51(11,62-16)46(70-50-44(66-34(9)56)38(23-28(3)64-50)54(14)33(8)55)30(5)43(31(6)48(59)68-39)69-40-25-52(12,63-17)47(32(7)65-40)67-35(10)57/h19-22,27-32,38-41,43-47,50H,18,23-26H2,1-17H3/t27-,28-,29-,30+,31-,32+,38+,39-,40+,41+,43+,44-,45?,46-,47+,50+,51-,52-,53-/m1/s1. The Labute approximate surface area is 430 Å². The molecule has 1 aromatic rings. The third kappa shape index (κ3) is 12.8. The van der Waals surface area contributed by atoms with Gasteiger partial charge in [0.1, 0.15) is 28.5 Å². The maximum atomic E-state index is 15.2. The summed E-state index contributed by atoms with van der Waals surface area (Å²) in [7, 11) is 6.22. The molecular formula is C53H81NO17S. The first-order valence-electron chi connectivity index (χ1n) is 25.2. The second-order valence-electron chi connectivity index (χ2n) is 21.0. The van der Waals surface area contributed by atoms with Crippen molar-refractivity contribution in [2.24, 2.45) is 29.6 Å². The lowest BCUT2D eigenvalue weighted by Gasteiger charge is -2.50. The summed E-state index contributed by atoms with van der Waals surface area (Å²) in [6, 6.07) is 6.86. The molecule has 1 unspecified atom stereocenters. The Morgan fingerprint density at radius 3 is 1.94 bits per heavy atom. The van der Waals surface area contributed by atoms with E-state index in [1.807, 2.05) is 52.0 Å². The highest BCUT2D eigenvalue weighted by Gasteiger charge is 2.62. The molecule has 0 bridgehead atoms. The number of likely N-dealkylation sites (N-methyl/N-ethyl adjacent to an activating group) is 1. The van der Waals surface area contributed by atoms with Gasteiger partial charge in [0.15, 0.2) is 30.4 Å². The van der Waals surface area contributed by atoms with Gasteiger partial charge in [0.05, 0.1) is 49.1 Å². The highest BCUT2D eigenvalue weighted by Crippen LogP contribution is 2.50. The zero-order chi connectivity index (χ0) is 53.8. The van der Waals surface area contributed by atoms with Crippen LogP contribution in [-0.2, 0) is 81.9 Å². The fourth-order valence-electron chi connectivity index (χ4n) is 11.6. The molecule has 18 nitrogen and oxygen atoms in total. The van der Waals surface area contributed by atoms with Gasteiger partial charge in [0.25, 0.3) is 0 Å². The fourth-order valence-corrected chi connectivity index (χ4v) is 13.1. The summed E-state index contributed by atoms with van der Waals surface area (Å²) in [5, 5.41) is -0.816. The lowest BCUT2D eigenvalue weighted by Crippen LogP contribution is -2.62. The highest BCUT2D eigenvalue weighted by molar-refractivity contribution is 7.99. The van der Waals surface area contributed by atoms with Crippen LogP contribution < -0.4 is 4.74 Å². The number of hydrogen-bond acceptors (Lipinski definition) is 18. The van der Waals surface area contributed by atoms with E-state index < -0.39 is 137 Å². The minimum Gasteiger partial charge on any atom is -0.497 e. The molecule has 406 valence electrons. The average Bonchev–Trinajstić information content (AvgIpc) is 3.59. The number of methoxy groups -OCH3 is 3. The van der Waals surface area contributed by atoms with E-state index >= 15 is 9.59 Å². The molecule has 4 aliphatic rings. The Balaban J connectivity index is 1.67. The Bertz CT molecular complexity index is 2070. The molecule has 5 rings (SSSR count). The molecule has 0 radical (unpaired) electrons. The molecule has 4 aliphatic heterocycles. The summed E-state index contributed by atoms with van der Waals surface area (Å²) in [5.74, 6) is -5.90. The van der Waals surface area contributed by atoms with Gasteiger partial charge >= 0.3 is 23.9 Å². The number of thioether (sulfide) groups is 1. The number of Topliss-reactive ketones (excluding diaryl/α,β-unsaturated/α-hetero) is 1. The number of benzene rings is 1. The van der Waals surface area contributed by atoms with E-state index in [9.17, 15) is 19.2 Å². The SMILES string of the molecule is CC[C@H]1OC(=O)[C@H](C)[C@@H](O[C@H]2C[C@@](C)(OC)[C@@H](OC(C)=O)[C@H](C)O2)[C@H](C)[C@@H](O[C@@H]2O[C@H](C)C[C@H](N(C)C(C)=O)[C@H]2OC(C)=O)[C@](C)(OC)C[C@@H](C)C(=O)[C@H](C)[C@H]2C(SCc3ccc(OC)cc3)C(=O)O[C@@]21C. The van der Waals surface area contributed by atoms with Gasteiger partial charge in [-0.15, -0.1) is 11.8 Å². The van der Waals surface area contributed by atoms with Crippen LogP contribution in [0, 0.1) is 29.6 Å². The maximum Gasteiger partial charge on any atom is 0.320 e. The van der Waals surface area contributed by atoms with Crippen molar-refractivity contribution >= 4 is 47.3 Å². The van der Waals surface area contributed by atoms with Gasteiger partial charge < -0.3 is 57.0 Å². The van der Waals surface area contributed by atoms with Gasteiger partial charge in [0, 0.05) is 77.9 Å². The maximum absolute atomic E-state index is 15.2. The van der Waals surface area contributed by atoms with Crippen LogP contribution in [0.5, 0.6) is 5.75 Å². The molecule has 72 heavy (non-hydrogen) atoms. The number of rotatable bonds is 14. The molecule has 19 heteroatoms. The summed E-state index contributed by atoms with van der Waals surface area (Å²) >= 11 is 1.37. The van der Waals surface area contributed by atoms with Gasteiger partial charge in [-0.05, 0) is 78.5 Å². The van der Waals surface area contributed by atoms with Crippen molar-refractivity contribution < 1.29 is 80.9 Å². The Hall–Kier alpha value is -3.85. The van der Waals surface area contributed by atoms with E-state index in [1.165, 1.54) is 51.7 Å². The lowest BCUT2D eigenvalue weighted by atomic mass is 9.70. The number of carbonyl (C=O) groups excluding carboxylic acids is 6. The Morgan fingerprint density at radius 1 is 0.778 bits per heavy atom. The van der Waals surface area contributed by atoms with Crippen LogP contribution in [0.4, 0.5) is 0 Å². The van der Waals surface area contributed by atoms with Crippen molar-refractivity contribution in [2.75, 3.05) is 28.4 Å². The van der Waals surface area contributed by atoms with Gasteiger partial charge in [-0.25, -0.2) is 0 Å². The molecule has 0 saturated carbocycles. The summed E-state index contributed by atoms with van der Waals surface area (Å²) in [6.07, 6.45) is -8.06. The van der Waals surface area contributed by atoms with Crippen LogP contribution in [-0.4, -0.2) is 152 Å². The lowest BCUT2D eigenvalue weighted by molar-refractivity contribution is -0.320. The normalized spacial score (nSPS) is 39.9. The highest BCUT2D eigenvalue weighted by atomic mass is 32.2. The smallest absolute Gasteiger partial charge is 0.320 e. The summed E-state index contributed by atoms with van der Waals surface area (Å²) in [6.45, 7) is 21.8. The number of ether oxygens (including phenoxy) is 11. The van der Waals surface area contributed by atoms with E-state index in [4.69, 9.17) is 52.1 Å². The predicted octanol–water partition coefficient (Wildman–Crippen LogP) is 6.63. The monoisotopic (exact) mass is 1040 g/mol. The molecule has 4 fully saturated rings. The molecule has 0 aliphatic carbocycles. The number of esters is 4. The van der Waals surface area contributed by atoms with E-state index in [0.717, 1.165) is 5.56 Å². The van der Waals surface area contributed by atoms with Crippen molar-refractivity contribution in [3.63, 3.8) is 0 Å². The molecule has 1 amide bonds. The Morgan fingerprint density at radius 2 is 1.39 bits per heavy atom. The van der Waals surface area contributed by atoms with Crippen molar-refractivity contribution in [3.8, 4) is 5.75 Å². The van der Waals surface area contributed by atoms with Crippen molar-refractivity contribution in [1.82, 2.24) is 4.90 Å². The summed E-state index contributed by atoms with van der Waals surface area (Å²) in [5.41, 5.74) is -3.00. The third-order valence-corrected chi connectivity index (χ3v) is 17.1. The van der Waals surface area contributed by atoms with Gasteiger partial charge in [-0.1, -0.05) is 39.8 Å². The molecule has 19 atom stereocenters. The first-order valence-corrected chi connectivity index (χ1v) is 26.2. The molecule has 1 aromatic carbocycles. The van der Waals surface area contributed by atoms with E-state index in [-0.39, 0.29) is 31.0 Å². The number of hydrogen-bond donors (Lipinski definition) is 0. The number of ketones is 1. The van der Waals surface area contributed by atoms with E-state index in [0.29, 0.717) is 17.9 Å². The van der Waals surface area contributed by atoms with E-state index in [2.05, 4.69) is 0 Å². The predicted molar refractivity (Wildman–Crippen MR) is 264 cm³/mol. The molecule has 4 heterocycles. The van der Waals surface area contributed by atoms with Crippen LogP contribution >= 0.6 is 11.8 Å². The number of carbonyl (C=O) groups is 6. The second kappa shape index (κ2) is 24.2. The number of fused-ring (bicyclic) bond motifs is 1. The quantitative estimate of drug-likeness (QED) is 0.142. The zero-order valence-corrected chi connectivity index (χ0v) is 46.2. The summed E-state index contributed by atoms with van der Waals surface area (Å²) in [4.78, 5) is 84.2. The number of nitrogens with zero attached hydrogens (tertiary/aromatic N) is 1. The molecule has 0 aromatic heterocycles. The zero-order valence-electron chi connectivity index (χ0n) is 45.4. The van der Waals surface area contributed by atoms with Crippen molar-refractivity contribution in [1.29, 1.82) is 0 Å².